The molecular formula is C26H21N3O4. The minimum Gasteiger partial charge on any atom is -0.454 e. The largest absolute Gasteiger partial charge is 0.454 e. The molecule has 2 N–H and O–H groups in total. The van der Waals surface area contributed by atoms with Crippen LogP contribution < -0.4 is 14.8 Å². The van der Waals surface area contributed by atoms with Crippen LogP contribution in [-0.2, 0) is 6.42 Å². The highest BCUT2D eigenvalue weighted by molar-refractivity contribution is 6.04. The van der Waals surface area contributed by atoms with E-state index in [1.807, 2.05) is 42.5 Å². The lowest BCUT2D eigenvalue weighted by Crippen LogP contribution is -2.47. The molecule has 2 aliphatic heterocycles. The first-order chi connectivity index (χ1) is 16.2. The van der Waals surface area contributed by atoms with Crippen molar-refractivity contribution in [2.24, 2.45) is 0 Å². The van der Waals surface area contributed by atoms with E-state index >= 15 is 0 Å². The summed E-state index contributed by atoms with van der Waals surface area (Å²) < 4.78 is 11.1. The Bertz CT molecular complexity index is 1380. The number of nitrogens with zero attached hydrogens (tertiary/aromatic N) is 1. The van der Waals surface area contributed by atoms with Crippen LogP contribution in [0.4, 0.5) is 4.79 Å². The Balaban J connectivity index is 1.41. The lowest BCUT2D eigenvalue weighted by molar-refractivity contribution is 0.0945. The highest BCUT2D eigenvalue weighted by Gasteiger charge is 2.36. The van der Waals surface area contributed by atoms with Gasteiger partial charge in [-0.05, 0) is 47.9 Å². The fourth-order valence-corrected chi connectivity index (χ4v) is 4.72. The minimum atomic E-state index is -0.434. The SMILES string of the molecule is O=C(NC(=O)N1CCc2c([nH]c3ccccc23)[C@H]1c1ccc2c(c1)OCO2)c1ccccc1. The number of para-hydroxylation sites is 1. The maximum Gasteiger partial charge on any atom is 0.325 e. The molecule has 0 radical (unpaired) electrons. The molecule has 7 nitrogen and oxygen atoms in total. The molecule has 33 heavy (non-hydrogen) atoms. The second kappa shape index (κ2) is 7.70. The molecule has 164 valence electrons. The lowest BCUT2D eigenvalue weighted by Gasteiger charge is -2.36. The van der Waals surface area contributed by atoms with E-state index in [1.165, 1.54) is 5.56 Å². The van der Waals surface area contributed by atoms with Crippen molar-refractivity contribution in [1.82, 2.24) is 15.2 Å². The smallest absolute Gasteiger partial charge is 0.325 e. The number of rotatable bonds is 2. The molecule has 6 rings (SSSR count). The van der Waals surface area contributed by atoms with E-state index in [1.54, 1.807) is 29.2 Å². The van der Waals surface area contributed by atoms with Crippen molar-refractivity contribution in [2.75, 3.05) is 13.3 Å². The summed E-state index contributed by atoms with van der Waals surface area (Å²) in [5.74, 6) is 0.908. The summed E-state index contributed by atoms with van der Waals surface area (Å²) in [6, 6.07) is 21.7. The van der Waals surface area contributed by atoms with E-state index in [9.17, 15) is 9.59 Å². The zero-order chi connectivity index (χ0) is 22.4. The summed E-state index contributed by atoms with van der Waals surface area (Å²) in [5.41, 5.74) is 4.48. The number of benzene rings is 3. The molecular weight excluding hydrogens is 418 g/mol. The predicted molar refractivity (Wildman–Crippen MR) is 122 cm³/mol. The lowest BCUT2D eigenvalue weighted by atomic mass is 9.92. The summed E-state index contributed by atoms with van der Waals surface area (Å²) in [7, 11) is 0. The Morgan fingerprint density at radius 3 is 2.61 bits per heavy atom. The summed E-state index contributed by atoms with van der Waals surface area (Å²) in [5, 5.41) is 3.71. The Labute approximate surface area is 189 Å². The number of ether oxygens (including phenoxy) is 2. The highest BCUT2D eigenvalue weighted by atomic mass is 16.7. The number of hydrogen-bond donors (Lipinski definition) is 2. The van der Waals surface area contributed by atoms with Crippen LogP contribution in [0, 0.1) is 0 Å². The molecule has 0 unspecified atom stereocenters. The van der Waals surface area contributed by atoms with E-state index < -0.39 is 18.0 Å². The van der Waals surface area contributed by atoms with Crippen LogP contribution in [0.5, 0.6) is 11.5 Å². The minimum absolute atomic E-state index is 0.177. The van der Waals surface area contributed by atoms with Gasteiger partial charge >= 0.3 is 6.03 Å². The van der Waals surface area contributed by atoms with Crippen molar-refractivity contribution in [2.45, 2.75) is 12.5 Å². The van der Waals surface area contributed by atoms with Gasteiger partial charge in [0.25, 0.3) is 5.91 Å². The van der Waals surface area contributed by atoms with Gasteiger partial charge in [-0.15, -0.1) is 0 Å². The first-order valence-electron chi connectivity index (χ1n) is 10.8. The van der Waals surface area contributed by atoms with Crippen molar-refractivity contribution in [1.29, 1.82) is 0 Å². The van der Waals surface area contributed by atoms with Gasteiger partial charge in [-0.3, -0.25) is 10.1 Å². The fraction of sp³-hybridized carbons (Fsp3) is 0.154. The monoisotopic (exact) mass is 439 g/mol. The average molecular weight is 439 g/mol. The van der Waals surface area contributed by atoms with E-state index in [2.05, 4.69) is 16.4 Å². The standard InChI is InChI=1S/C26H21N3O4/c30-25(16-6-2-1-3-7-16)28-26(31)29-13-12-19-18-8-4-5-9-20(18)27-23(19)24(29)17-10-11-21-22(14-17)33-15-32-21/h1-11,14,24,27H,12-13,15H2,(H,28,30,31)/t24-/m1/s1. The van der Waals surface area contributed by atoms with Crippen LogP contribution in [0.2, 0.25) is 0 Å². The number of nitrogens with one attached hydrogen (secondary N) is 2. The number of aromatic nitrogens is 1. The van der Waals surface area contributed by atoms with Gasteiger partial charge in [0.05, 0.1) is 6.04 Å². The normalized spacial score (nSPS) is 16.5. The van der Waals surface area contributed by atoms with Gasteiger partial charge < -0.3 is 19.4 Å². The van der Waals surface area contributed by atoms with Crippen LogP contribution in [0.25, 0.3) is 10.9 Å². The second-order valence-electron chi connectivity index (χ2n) is 8.15. The maximum absolute atomic E-state index is 13.3. The zero-order valence-electron chi connectivity index (χ0n) is 17.7. The van der Waals surface area contributed by atoms with Gasteiger partial charge in [0.1, 0.15) is 0 Å². The molecule has 1 aromatic heterocycles. The van der Waals surface area contributed by atoms with E-state index in [-0.39, 0.29) is 6.79 Å². The molecule has 4 aromatic rings. The molecule has 3 amide bonds. The molecule has 0 fully saturated rings. The van der Waals surface area contributed by atoms with Crippen LogP contribution in [0.15, 0.2) is 72.8 Å². The Morgan fingerprint density at radius 2 is 1.73 bits per heavy atom. The summed E-state index contributed by atoms with van der Waals surface area (Å²) in [6.45, 7) is 0.652. The average Bonchev–Trinajstić information content (AvgIpc) is 3.47. The van der Waals surface area contributed by atoms with Crippen molar-refractivity contribution < 1.29 is 19.1 Å². The Kier molecular flexibility index (Phi) is 4.54. The third kappa shape index (κ3) is 3.29. The van der Waals surface area contributed by atoms with E-state index in [0.717, 1.165) is 22.2 Å². The van der Waals surface area contributed by atoms with Gasteiger partial charge in [-0.2, -0.15) is 0 Å². The Hall–Kier alpha value is -4.26. The van der Waals surface area contributed by atoms with Gasteiger partial charge in [-0.25, -0.2) is 4.79 Å². The first-order valence-corrected chi connectivity index (χ1v) is 10.8. The van der Waals surface area contributed by atoms with Crippen molar-refractivity contribution in [3.8, 4) is 11.5 Å². The van der Waals surface area contributed by atoms with Gasteiger partial charge in [-0.1, -0.05) is 42.5 Å². The molecule has 0 spiro atoms. The fourth-order valence-electron chi connectivity index (χ4n) is 4.72. The first kappa shape index (κ1) is 19.4. The topological polar surface area (TPSA) is 83.7 Å². The van der Waals surface area contributed by atoms with Crippen LogP contribution in [0.3, 0.4) is 0 Å². The van der Waals surface area contributed by atoms with Crippen molar-refractivity contribution >= 4 is 22.8 Å². The van der Waals surface area contributed by atoms with Gasteiger partial charge in [0.15, 0.2) is 11.5 Å². The number of carbonyl (C=O) groups excluding carboxylic acids is 2. The number of urea groups is 1. The number of aromatic amines is 1. The van der Waals surface area contributed by atoms with Crippen molar-refractivity contribution in [3.05, 3.63) is 95.2 Å². The number of fused-ring (bicyclic) bond motifs is 4. The van der Waals surface area contributed by atoms with E-state index in [0.29, 0.717) is 30.0 Å². The second-order valence-corrected chi connectivity index (χ2v) is 8.15. The number of carbonyl (C=O) groups is 2. The number of imide groups is 1. The molecule has 0 aliphatic carbocycles. The molecule has 7 heteroatoms. The summed E-state index contributed by atoms with van der Waals surface area (Å²) in [6.07, 6.45) is 0.688. The molecule has 2 aliphatic rings. The van der Waals surface area contributed by atoms with Gasteiger partial charge in [0, 0.05) is 28.7 Å². The molecule has 0 saturated heterocycles. The third-order valence-electron chi connectivity index (χ3n) is 6.26. The molecule has 3 heterocycles. The van der Waals surface area contributed by atoms with Crippen LogP contribution in [0.1, 0.15) is 33.2 Å². The number of amides is 3. The van der Waals surface area contributed by atoms with Crippen LogP contribution >= 0.6 is 0 Å². The predicted octanol–water partition coefficient (Wildman–Crippen LogP) is 4.39. The number of hydrogen-bond acceptors (Lipinski definition) is 4. The highest BCUT2D eigenvalue weighted by Crippen LogP contribution is 2.42. The zero-order valence-corrected chi connectivity index (χ0v) is 17.7. The molecule has 0 saturated carbocycles. The summed E-state index contributed by atoms with van der Waals surface area (Å²) in [4.78, 5) is 31.3. The van der Waals surface area contributed by atoms with Crippen LogP contribution in [-0.4, -0.2) is 35.2 Å². The quantitative estimate of drug-likeness (QED) is 0.485. The van der Waals surface area contributed by atoms with Gasteiger partial charge in [0.2, 0.25) is 6.79 Å². The number of H-pyrrole nitrogens is 1. The summed E-state index contributed by atoms with van der Waals surface area (Å²) >= 11 is 0. The van der Waals surface area contributed by atoms with Crippen molar-refractivity contribution in [3.63, 3.8) is 0 Å². The molecule has 0 bridgehead atoms. The van der Waals surface area contributed by atoms with E-state index in [4.69, 9.17) is 9.47 Å². The maximum atomic E-state index is 13.3. The Morgan fingerprint density at radius 1 is 0.939 bits per heavy atom. The third-order valence-corrected chi connectivity index (χ3v) is 6.26. The molecule has 3 aromatic carbocycles. The molecule has 1 atom stereocenters.